The Hall–Kier alpha value is -3.49. The number of unbranched alkanes of at least 4 members (excludes halogenated alkanes) is 1. The third kappa shape index (κ3) is 10.2. The van der Waals surface area contributed by atoms with Crippen LogP contribution in [0.4, 0.5) is 5.95 Å². The molecule has 4 N–H and O–H groups in total. The zero-order valence-electron chi connectivity index (χ0n) is 17.4. The van der Waals surface area contributed by atoms with Gasteiger partial charge in [-0.05, 0) is 30.9 Å². The van der Waals surface area contributed by atoms with Crippen molar-refractivity contribution in [2.75, 3.05) is 18.4 Å². The summed E-state index contributed by atoms with van der Waals surface area (Å²) in [6.07, 6.45) is 5.50. The highest BCUT2D eigenvalue weighted by Crippen LogP contribution is 2.05. The summed E-state index contributed by atoms with van der Waals surface area (Å²) in [6, 6.07) is 10.5. The van der Waals surface area contributed by atoms with E-state index in [1.165, 1.54) is 0 Å². The maximum Gasteiger partial charge on any atom is 0.303 e. The zero-order chi connectivity index (χ0) is 22.3. The molecule has 1 atom stereocenters. The number of carboxylic acid groups (broad SMARTS) is 1. The summed E-state index contributed by atoms with van der Waals surface area (Å²) >= 11 is 0. The lowest BCUT2D eigenvalue weighted by Crippen LogP contribution is -2.48. The molecule has 9 nitrogen and oxygen atoms in total. The van der Waals surface area contributed by atoms with Gasteiger partial charge in [0.05, 0.1) is 0 Å². The van der Waals surface area contributed by atoms with Crippen LogP contribution in [0.1, 0.15) is 37.7 Å². The number of amides is 2. The molecule has 0 spiro atoms. The lowest BCUT2D eigenvalue weighted by atomic mass is 10.0. The summed E-state index contributed by atoms with van der Waals surface area (Å²) in [6.45, 7) is 1.17. The van der Waals surface area contributed by atoms with Crippen LogP contribution in [0, 0.1) is 0 Å². The third-order valence-corrected chi connectivity index (χ3v) is 4.48. The average molecular weight is 428 g/mol. The number of carboxylic acids is 1. The van der Waals surface area contributed by atoms with Crippen molar-refractivity contribution in [3.05, 3.63) is 54.4 Å². The highest BCUT2D eigenvalue weighted by Gasteiger charge is 2.21. The molecular formula is C22H29N5O4. The van der Waals surface area contributed by atoms with Crippen LogP contribution in [-0.4, -0.2) is 52.0 Å². The second kappa shape index (κ2) is 13.7. The largest absolute Gasteiger partial charge is 0.481 e. The van der Waals surface area contributed by atoms with E-state index in [-0.39, 0.29) is 31.1 Å². The molecule has 0 fully saturated rings. The molecule has 0 radical (unpaired) electrons. The Morgan fingerprint density at radius 1 is 0.903 bits per heavy atom. The monoisotopic (exact) mass is 427 g/mol. The van der Waals surface area contributed by atoms with Gasteiger partial charge in [-0.15, -0.1) is 0 Å². The maximum absolute atomic E-state index is 12.7. The molecule has 1 aromatic carbocycles. The van der Waals surface area contributed by atoms with Crippen molar-refractivity contribution in [3.63, 3.8) is 0 Å². The fraction of sp³-hybridized carbons (Fsp3) is 0.409. The Bertz CT molecular complexity index is 817. The molecule has 9 heteroatoms. The summed E-state index contributed by atoms with van der Waals surface area (Å²) < 4.78 is 0. The molecule has 166 valence electrons. The Kier molecular flexibility index (Phi) is 10.5. The van der Waals surface area contributed by atoms with Crippen LogP contribution < -0.4 is 16.0 Å². The average Bonchev–Trinajstić information content (AvgIpc) is 2.76. The van der Waals surface area contributed by atoms with Gasteiger partial charge in [0.1, 0.15) is 6.04 Å². The Morgan fingerprint density at radius 2 is 1.61 bits per heavy atom. The van der Waals surface area contributed by atoms with Gasteiger partial charge in [0, 0.05) is 44.7 Å². The van der Waals surface area contributed by atoms with Gasteiger partial charge in [0.25, 0.3) is 0 Å². The van der Waals surface area contributed by atoms with Crippen LogP contribution in [-0.2, 0) is 20.8 Å². The number of hydrogen-bond acceptors (Lipinski definition) is 6. The highest BCUT2D eigenvalue weighted by atomic mass is 16.4. The quantitative estimate of drug-likeness (QED) is 0.338. The van der Waals surface area contributed by atoms with E-state index in [0.717, 1.165) is 18.4 Å². The van der Waals surface area contributed by atoms with Crippen molar-refractivity contribution in [1.29, 1.82) is 0 Å². The van der Waals surface area contributed by atoms with Gasteiger partial charge in [-0.1, -0.05) is 30.3 Å². The first kappa shape index (κ1) is 23.8. The molecule has 1 heterocycles. The number of benzene rings is 1. The molecule has 0 aliphatic heterocycles. The fourth-order valence-corrected chi connectivity index (χ4v) is 2.90. The van der Waals surface area contributed by atoms with Crippen LogP contribution in [0.25, 0.3) is 0 Å². The molecule has 0 aliphatic carbocycles. The minimum absolute atomic E-state index is 0.0676. The van der Waals surface area contributed by atoms with Crippen LogP contribution in [0.2, 0.25) is 0 Å². The van der Waals surface area contributed by atoms with E-state index in [4.69, 9.17) is 5.11 Å². The number of aromatic nitrogens is 2. The van der Waals surface area contributed by atoms with Gasteiger partial charge in [0.2, 0.25) is 17.8 Å². The van der Waals surface area contributed by atoms with Gasteiger partial charge >= 0.3 is 5.97 Å². The van der Waals surface area contributed by atoms with E-state index in [0.29, 0.717) is 25.5 Å². The molecule has 2 aromatic rings. The molecule has 31 heavy (non-hydrogen) atoms. The van der Waals surface area contributed by atoms with Crippen molar-refractivity contribution in [3.8, 4) is 0 Å². The second-order valence-electron chi connectivity index (χ2n) is 7.05. The summed E-state index contributed by atoms with van der Waals surface area (Å²) in [7, 11) is 0. The van der Waals surface area contributed by atoms with Crippen molar-refractivity contribution in [1.82, 2.24) is 20.6 Å². The SMILES string of the molecule is O=C(O)CCCC(=O)NC(Cc1ccccc1)C(=O)NCCCCNc1ncccn1. The number of aliphatic carboxylic acids is 1. The highest BCUT2D eigenvalue weighted by molar-refractivity contribution is 5.88. The minimum atomic E-state index is -0.945. The van der Waals surface area contributed by atoms with Crippen LogP contribution in [0.15, 0.2) is 48.8 Å². The van der Waals surface area contributed by atoms with Crippen LogP contribution >= 0.6 is 0 Å². The molecule has 0 saturated carbocycles. The molecule has 1 aromatic heterocycles. The minimum Gasteiger partial charge on any atom is -0.481 e. The molecule has 1 unspecified atom stereocenters. The summed E-state index contributed by atoms with van der Waals surface area (Å²) in [5.41, 5.74) is 0.931. The Labute approximate surface area is 181 Å². The first-order chi connectivity index (χ1) is 15.0. The lowest BCUT2D eigenvalue weighted by molar-refractivity contribution is -0.137. The molecule has 2 amide bonds. The zero-order valence-corrected chi connectivity index (χ0v) is 17.4. The summed E-state index contributed by atoms with van der Waals surface area (Å²) in [5, 5.41) is 17.4. The van der Waals surface area contributed by atoms with Crippen LogP contribution in [0.5, 0.6) is 0 Å². The normalized spacial score (nSPS) is 11.4. The molecule has 2 rings (SSSR count). The van der Waals surface area contributed by atoms with Gasteiger partial charge in [-0.2, -0.15) is 0 Å². The van der Waals surface area contributed by atoms with E-state index in [2.05, 4.69) is 25.9 Å². The van der Waals surface area contributed by atoms with Gasteiger partial charge in [-0.3, -0.25) is 14.4 Å². The summed E-state index contributed by atoms with van der Waals surface area (Å²) in [5.74, 6) is -0.959. The van der Waals surface area contributed by atoms with E-state index in [9.17, 15) is 14.4 Å². The number of nitrogens with one attached hydrogen (secondary N) is 3. The fourth-order valence-electron chi connectivity index (χ4n) is 2.90. The number of hydrogen-bond donors (Lipinski definition) is 4. The summed E-state index contributed by atoms with van der Waals surface area (Å²) in [4.78, 5) is 43.6. The van der Waals surface area contributed by atoms with E-state index >= 15 is 0 Å². The van der Waals surface area contributed by atoms with Crippen molar-refractivity contribution < 1.29 is 19.5 Å². The van der Waals surface area contributed by atoms with Gasteiger partial charge in [0.15, 0.2) is 0 Å². The van der Waals surface area contributed by atoms with Crippen molar-refractivity contribution in [2.45, 2.75) is 44.6 Å². The number of carbonyl (C=O) groups is 3. The molecule has 0 bridgehead atoms. The number of nitrogens with zero attached hydrogens (tertiary/aromatic N) is 2. The predicted octanol–water partition coefficient (Wildman–Crippen LogP) is 1.77. The topological polar surface area (TPSA) is 133 Å². The van der Waals surface area contributed by atoms with Gasteiger partial charge < -0.3 is 21.1 Å². The third-order valence-electron chi connectivity index (χ3n) is 4.48. The Balaban J connectivity index is 1.77. The first-order valence-corrected chi connectivity index (χ1v) is 10.4. The van der Waals surface area contributed by atoms with E-state index in [1.54, 1.807) is 18.5 Å². The van der Waals surface area contributed by atoms with E-state index < -0.39 is 12.0 Å². The lowest BCUT2D eigenvalue weighted by Gasteiger charge is -2.19. The number of rotatable bonds is 14. The number of anilines is 1. The molecule has 0 aliphatic rings. The first-order valence-electron chi connectivity index (χ1n) is 10.4. The number of carbonyl (C=O) groups excluding carboxylic acids is 2. The maximum atomic E-state index is 12.7. The van der Waals surface area contributed by atoms with E-state index in [1.807, 2.05) is 30.3 Å². The standard InChI is InChI=1S/C22H29N5O4/c28-19(10-6-11-20(29)30)27-18(16-17-8-2-1-3-9-17)21(31)23-12-4-5-13-24-22-25-14-7-15-26-22/h1-3,7-9,14-15,18H,4-6,10-13,16H2,(H,23,31)(H,27,28)(H,29,30)(H,24,25,26). The predicted molar refractivity (Wildman–Crippen MR) is 116 cm³/mol. The molecular weight excluding hydrogens is 398 g/mol. The van der Waals surface area contributed by atoms with Crippen molar-refractivity contribution >= 4 is 23.7 Å². The van der Waals surface area contributed by atoms with Crippen LogP contribution in [0.3, 0.4) is 0 Å². The van der Waals surface area contributed by atoms with Gasteiger partial charge in [-0.25, -0.2) is 9.97 Å². The Morgan fingerprint density at radius 3 is 2.32 bits per heavy atom. The molecule has 0 saturated heterocycles. The smallest absolute Gasteiger partial charge is 0.303 e. The van der Waals surface area contributed by atoms with Crippen molar-refractivity contribution in [2.24, 2.45) is 0 Å². The second-order valence-corrected chi connectivity index (χ2v) is 7.05.